The van der Waals surface area contributed by atoms with E-state index in [0.29, 0.717) is 16.7 Å². The number of halogens is 1. The maximum atomic E-state index is 11.8. The number of amides is 2. The monoisotopic (exact) mass is 349 g/mol. The summed E-state index contributed by atoms with van der Waals surface area (Å²) < 4.78 is 0.496. The molecule has 0 saturated carbocycles. The maximum Gasteiger partial charge on any atom is 0.335 e. The summed E-state index contributed by atoms with van der Waals surface area (Å²) in [6, 6.07) is 9.40. The molecule has 2 amide bonds. The number of hydrogen-bond donors (Lipinski definition) is 3. The number of hydrogen-bond acceptors (Lipinski definition) is 3. The Labute approximate surface area is 129 Å². The van der Waals surface area contributed by atoms with Gasteiger partial charge in [0.05, 0.1) is 23.5 Å². The SMILES string of the molecule is O=C(NCc1ccccn1)Nc1ccc(C(=O)O)cc1Br. The molecule has 0 atom stereocenters. The summed E-state index contributed by atoms with van der Waals surface area (Å²) in [4.78, 5) is 26.7. The Morgan fingerprint density at radius 2 is 2.05 bits per heavy atom. The molecule has 0 fully saturated rings. The molecule has 6 nitrogen and oxygen atoms in total. The first-order chi connectivity index (χ1) is 10.1. The molecule has 0 aliphatic heterocycles. The number of carbonyl (C=O) groups excluding carboxylic acids is 1. The molecule has 3 N–H and O–H groups in total. The third-order valence-electron chi connectivity index (χ3n) is 2.62. The average molecular weight is 350 g/mol. The van der Waals surface area contributed by atoms with E-state index < -0.39 is 12.0 Å². The summed E-state index contributed by atoms with van der Waals surface area (Å²) in [5, 5.41) is 14.2. The minimum Gasteiger partial charge on any atom is -0.478 e. The molecule has 0 radical (unpaired) electrons. The largest absolute Gasteiger partial charge is 0.478 e. The van der Waals surface area contributed by atoms with Gasteiger partial charge in [-0.15, -0.1) is 0 Å². The quantitative estimate of drug-likeness (QED) is 0.791. The number of carboxylic acid groups (broad SMARTS) is 1. The van der Waals surface area contributed by atoms with Crippen LogP contribution in [0.5, 0.6) is 0 Å². The number of rotatable bonds is 4. The molecule has 108 valence electrons. The predicted molar refractivity (Wildman–Crippen MR) is 81.2 cm³/mol. The van der Waals surface area contributed by atoms with Crippen molar-refractivity contribution in [3.8, 4) is 0 Å². The highest BCUT2D eigenvalue weighted by Crippen LogP contribution is 2.23. The first kappa shape index (κ1) is 15.0. The van der Waals surface area contributed by atoms with Crippen molar-refractivity contribution < 1.29 is 14.7 Å². The van der Waals surface area contributed by atoms with Crippen LogP contribution in [0.2, 0.25) is 0 Å². The number of nitrogens with one attached hydrogen (secondary N) is 2. The van der Waals surface area contributed by atoms with Crippen molar-refractivity contribution in [1.82, 2.24) is 10.3 Å². The molecule has 0 spiro atoms. The molecule has 0 unspecified atom stereocenters. The average Bonchev–Trinajstić information content (AvgIpc) is 2.48. The zero-order chi connectivity index (χ0) is 15.2. The van der Waals surface area contributed by atoms with E-state index in [1.807, 2.05) is 6.07 Å². The van der Waals surface area contributed by atoms with E-state index in [-0.39, 0.29) is 5.56 Å². The Bertz CT molecular complexity index is 662. The second kappa shape index (κ2) is 6.85. The van der Waals surface area contributed by atoms with Gasteiger partial charge in [0.25, 0.3) is 0 Å². The fourth-order valence-electron chi connectivity index (χ4n) is 1.59. The molecule has 2 rings (SSSR count). The first-order valence-electron chi connectivity index (χ1n) is 6.04. The highest BCUT2D eigenvalue weighted by atomic mass is 79.9. The number of carboxylic acids is 1. The van der Waals surface area contributed by atoms with Gasteiger partial charge >= 0.3 is 12.0 Å². The fourth-order valence-corrected chi connectivity index (χ4v) is 2.07. The van der Waals surface area contributed by atoms with Gasteiger partial charge in [0.1, 0.15) is 0 Å². The Morgan fingerprint density at radius 1 is 1.24 bits per heavy atom. The lowest BCUT2D eigenvalue weighted by Crippen LogP contribution is -2.28. The van der Waals surface area contributed by atoms with E-state index in [2.05, 4.69) is 31.5 Å². The summed E-state index contributed by atoms with van der Waals surface area (Å²) in [5.74, 6) is -1.03. The normalized spacial score (nSPS) is 9.95. The molecule has 1 heterocycles. The van der Waals surface area contributed by atoms with Crippen molar-refractivity contribution in [3.05, 3.63) is 58.3 Å². The summed E-state index contributed by atoms with van der Waals surface area (Å²) in [6.45, 7) is 0.303. The van der Waals surface area contributed by atoms with Crippen molar-refractivity contribution in [2.45, 2.75) is 6.54 Å². The second-order valence-electron chi connectivity index (χ2n) is 4.13. The van der Waals surface area contributed by atoms with E-state index >= 15 is 0 Å². The Morgan fingerprint density at radius 3 is 2.67 bits per heavy atom. The van der Waals surface area contributed by atoms with Gasteiger partial charge in [0, 0.05) is 10.7 Å². The third kappa shape index (κ3) is 4.28. The Kier molecular flexibility index (Phi) is 4.89. The van der Waals surface area contributed by atoms with Crippen LogP contribution < -0.4 is 10.6 Å². The smallest absolute Gasteiger partial charge is 0.335 e. The Balaban J connectivity index is 1.95. The van der Waals surface area contributed by atoms with Crippen LogP contribution in [-0.4, -0.2) is 22.1 Å². The van der Waals surface area contributed by atoms with Crippen LogP contribution in [0.3, 0.4) is 0 Å². The fraction of sp³-hybridized carbons (Fsp3) is 0.0714. The highest BCUT2D eigenvalue weighted by Gasteiger charge is 2.09. The Hall–Kier alpha value is -2.41. The number of carbonyl (C=O) groups is 2. The van der Waals surface area contributed by atoms with E-state index in [1.165, 1.54) is 18.2 Å². The summed E-state index contributed by atoms with van der Waals surface area (Å²) in [5.41, 5.74) is 1.37. The van der Waals surface area contributed by atoms with E-state index in [0.717, 1.165) is 5.69 Å². The number of aromatic carboxylic acids is 1. The summed E-state index contributed by atoms with van der Waals surface area (Å²) in [6.07, 6.45) is 1.65. The van der Waals surface area contributed by atoms with E-state index in [4.69, 9.17) is 5.11 Å². The van der Waals surface area contributed by atoms with Gasteiger partial charge in [-0.2, -0.15) is 0 Å². The van der Waals surface area contributed by atoms with Crippen LogP contribution in [0, 0.1) is 0 Å². The van der Waals surface area contributed by atoms with Gasteiger partial charge in [0.2, 0.25) is 0 Å². The van der Waals surface area contributed by atoms with Gasteiger partial charge in [-0.3, -0.25) is 4.98 Å². The molecule has 0 bridgehead atoms. The molecular formula is C14H12BrN3O3. The topological polar surface area (TPSA) is 91.3 Å². The lowest BCUT2D eigenvalue weighted by Gasteiger charge is -2.09. The van der Waals surface area contributed by atoms with Gasteiger partial charge in [-0.1, -0.05) is 6.07 Å². The van der Waals surface area contributed by atoms with Crippen molar-refractivity contribution >= 4 is 33.6 Å². The van der Waals surface area contributed by atoms with Crippen LogP contribution in [0.4, 0.5) is 10.5 Å². The lowest BCUT2D eigenvalue weighted by molar-refractivity contribution is 0.0697. The molecule has 21 heavy (non-hydrogen) atoms. The van der Waals surface area contributed by atoms with E-state index in [1.54, 1.807) is 18.3 Å². The molecule has 2 aromatic rings. The van der Waals surface area contributed by atoms with Crippen LogP contribution in [-0.2, 0) is 6.54 Å². The summed E-state index contributed by atoms with van der Waals surface area (Å²) >= 11 is 3.22. The van der Waals surface area contributed by atoms with Crippen LogP contribution in [0.15, 0.2) is 47.1 Å². The molecule has 7 heteroatoms. The molecule has 1 aromatic heterocycles. The summed E-state index contributed by atoms with van der Waals surface area (Å²) in [7, 11) is 0. The van der Waals surface area contributed by atoms with Crippen molar-refractivity contribution in [2.75, 3.05) is 5.32 Å². The van der Waals surface area contributed by atoms with Crippen LogP contribution in [0.1, 0.15) is 16.1 Å². The lowest BCUT2D eigenvalue weighted by atomic mass is 10.2. The standard InChI is InChI=1S/C14H12BrN3O3/c15-11-7-9(13(19)20)4-5-12(11)18-14(21)17-8-10-3-1-2-6-16-10/h1-7H,8H2,(H,19,20)(H2,17,18,21). The number of benzene rings is 1. The number of aromatic nitrogens is 1. The first-order valence-corrected chi connectivity index (χ1v) is 6.83. The second-order valence-corrected chi connectivity index (χ2v) is 4.98. The van der Waals surface area contributed by atoms with Gasteiger partial charge in [-0.05, 0) is 46.3 Å². The minimum absolute atomic E-state index is 0.140. The van der Waals surface area contributed by atoms with Gasteiger partial charge < -0.3 is 15.7 Å². The predicted octanol–water partition coefficient (Wildman–Crippen LogP) is 2.86. The number of pyridine rings is 1. The molecule has 0 saturated heterocycles. The van der Waals surface area contributed by atoms with Crippen molar-refractivity contribution in [3.63, 3.8) is 0 Å². The molecular weight excluding hydrogens is 338 g/mol. The number of urea groups is 1. The van der Waals surface area contributed by atoms with Gasteiger partial charge in [-0.25, -0.2) is 9.59 Å². The molecule has 1 aromatic carbocycles. The minimum atomic E-state index is -1.03. The van der Waals surface area contributed by atoms with Crippen LogP contribution >= 0.6 is 15.9 Å². The van der Waals surface area contributed by atoms with Crippen molar-refractivity contribution in [1.29, 1.82) is 0 Å². The third-order valence-corrected chi connectivity index (χ3v) is 3.28. The number of anilines is 1. The zero-order valence-electron chi connectivity index (χ0n) is 10.8. The zero-order valence-corrected chi connectivity index (χ0v) is 12.4. The van der Waals surface area contributed by atoms with Crippen LogP contribution in [0.25, 0.3) is 0 Å². The van der Waals surface area contributed by atoms with Crippen molar-refractivity contribution in [2.24, 2.45) is 0 Å². The van der Waals surface area contributed by atoms with Gasteiger partial charge in [0.15, 0.2) is 0 Å². The molecule has 0 aliphatic carbocycles. The highest BCUT2D eigenvalue weighted by molar-refractivity contribution is 9.10. The molecule has 0 aliphatic rings. The maximum absolute atomic E-state index is 11.8. The number of nitrogens with zero attached hydrogens (tertiary/aromatic N) is 1. The van der Waals surface area contributed by atoms with E-state index in [9.17, 15) is 9.59 Å².